The van der Waals surface area contributed by atoms with E-state index in [1.54, 1.807) is 11.3 Å². The van der Waals surface area contributed by atoms with E-state index in [0.717, 1.165) is 13.1 Å². The first kappa shape index (κ1) is 13.7. The minimum atomic E-state index is 0.676. The Labute approximate surface area is 114 Å². The molecule has 1 saturated heterocycles. The standard InChI is InChI=1S/C14H23N3S/c1-12(2)3-6-17-7-4-13(5-8-17)16-10-14-9-15-11-18-14/h3,9,11,13,16H,4-8,10H2,1-2H3. The summed E-state index contributed by atoms with van der Waals surface area (Å²) in [7, 11) is 0. The monoisotopic (exact) mass is 265 g/mol. The van der Waals surface area contributed by atoms with Gasteiger partial charge in [-0.3, -0.25) is 9.88 Å². The van der Waals surface area contributed by atoms with E-state index in [0.29, 0.717) is 6.04 Å². The van der Waals surface area contributed by atoms with Crippen molar-refractivity contribution in [2.24, 2.45) is 0 Å². The number of nitrogens with zero attached hydrogens (tertiary/aromatic N) is 2. The molecular formula is C14H23N3S. The summed E-state index contributed by atoms with van der Waals surface area (Å²) in [6.45, 7) is 8.86. The van der Waals surface area contributed by atoms with Crippen molar-refractivity contribution >= 4 is 11.3 Å². The maximum Gasteiger partial charge on any atom is 0.0794 e. The fourth-order valence-corrected chi connectivity index (χ4v) is 2.75. The first-order chi connectivity index (χ1) is 8.74. The Hall–Kier alpha value is -0.710. The van der Waals surface area contributed by atoms with Crippen molar-refractivity contribution < 1.29 is 0 Å². The van der Waals surface area contributed by atoms with Gasteiger partial charge in [0.25, 0.3) is 0 Å². The van der Waals surface area contributed by atoms with Crippen LogP contribution in [-0.2, 0) is 6.54 Å². The first-order valence-electron chi connectivity index (χ1n) is 6.70. The maximum atomic E-state index is 4.10. The van der Waals surface area contributed by atoms with Crippen molar-refractivity contribution in [1.29, 1.82) is 0 Å². The Morgan fingerprint density at radius 2 is 2.28 bits per heavy atom. The molecule has 100 valence electrons. The minimum Gasteiger partial charge on any atom is -0.309 e. The van der Waals surface area contributed by atoms with Crippen LogP contribution in [0.15, 0.2) is 23.4 Å². The van der Waals surface area contributed by atoms with E-state index in [-0.39, 0.29) is 0 Å². The van der Waals surface area contributed by atoms with E-state index >= 15 is 0 Å². The molecule has 0 radical (unpaired) electrons. The summed E-state index contributed by atoms with van der Waals surface area (Å²) in [6, 6.07) is 0.676. The molecule has 18 heavy (non-hydrogen) atoms. The molecule has 0 saturated carbocycles. The predicted octanol–water partition coefficient (Wildman–Crippen LogP) is 2.66. The molecule has 1 N–H and O–H groups in total. The molecule has 1 aromatic rings. The van der Waals surface area contributed by atoms with Gasteiger partial charge in [-0.1, -0.05) is 11.6 Å². The Kier molecular flexibility index (Phi) is 5.35. The summed E-state index contributed by atoms with van der Waals surface area (Å²) in [5.41, 5.74) is 3.32. The van der Waals surface area contributed by atoms with Gasteiger partial charge in [-0.05, 0) is 39.8 Å². The molecule has 4 heteroatoms. The van der Waals surface area contributed by atoms with Crippen LogP contribution in [0.2, 0.25) is 0 Å². The van der Waals surface area contributed by atoms with Crippen LogP contribution in [0.1, 0.15) is 31.6 Å². The molecule has 0 unspecified atom stereocenters. The first-order valence-corrected chi connectivity index (χ1v) is 7.58. The number of rotatable bonds is 5. The predicted molar refractivity (Wildman–Crippen MR) is 77.8 cm³/mol. The largest absolute Gasteiger partial charge is 0.309 e. The van der Waals surface area contributed by atoms with Gasteiger partial charge in [-0.25, -0.2) is 0 Å². The Bertz CT molecular complexity index is 360. The molecule has 0 aliphatic carbocycles. The van der Waals surface area contributed by atoms with Gasteiger partial charge in [-0.2, -0.15) is 0 Å². The number of hydrogen-bond acceptors (Lipinski definition) is 4. The number of thiazole rings is 1. The van der Waals surface area contributed by atoms with Crippen molar-refractivity contribution in [3.05, 3.63) is 28.2 Å². The number of likely N-dealkylation sites (tertiary alicyclic amines) is 1. The van der Waals surface area contributed by atoms with Gasteiger partial charge >= 0.3 is 0 Å². The van der Waals surface area contributed by atoms with E-state index in [1.807, 2.05) is 11.7 Å². The molecule has 0 aromatic carbocycles. The summed E-state index contributed by atoms with van der Waals surface area (Å²) in [4.78, 5) is 7.98. The van der Waals surface area contributed by atoms with Crippen molar-refractivity contribution in [3.8, 4) is 0 Å². The van der Waals surface area contributed by atoms with Gasteiger partial charge in [0.1, 0.15) is 0 Å². The van der Waals surface area contributed by atoms with Crippen LogP contribution in [-0.4, -0.2) is 35.6 Å². The number of hydrogen-bond donors (Lipinski definition) is 1. The van der Waals surface area contributed by atoms with Crippen molar-refractivity contribution in [2.75, 3.05) is 19.6 Å². The summed E-state index contributed by atoms with van der Waals surface area (Å²) in [6.07, 6.45) is 6.80. The third kappa shape index (κ3) is 4.52. The molecule has 0 spiro atoms. The number of aromatic nitrogens is 1. The average Bonchev–Trinajstić information content (AvgIpc) is 2.88. The lowest BCUT2D eigenvalue weighted by atomic mass is 10.0. The van der Waals surface area contributed by atoms with Crippen LogP contribution in [0.25, 0.3) is 0 Å². The quantitative estimate of drug-likeness (QED) is 0.830. The van der Waals surface area contributed by atoms with Crippen molar-refractivity contribution in [1.82, 2.24) is 15.2 Å². The molecule has 0 bridgehead atoms. The van der Waals surface area contributed by atoms with E-state index in [1.165, 1.54) is 36.4 Å². The molecule has 0 atom stereocenters. The zero-order valence-electron chi connectivity index (χ0n) is 11.4. The highest BCUT2D eigenvalue weighted by atomic mass is 32.1. The second kappa shape index (κ2) is 7.02. The van der Waals surface area contributed by atoms with Gasteiger partial charge in [0, 0.05) is 30.2 Å². The van der Waals surface area contributed by atoms with Crippen LogP contribution in [0.3, 0.4) is 0 Å². The lowest BCUT2D eigenvalue weighted by molar-refractivity contribution is 0.214. The van der Waals surface area contributed by atoms with Crippen molar-refractivity contribution in [2.45, 2.75) is 39.3 Å². The molecule has 2 heterocycles. The highest BCUT2D eigenvalue weighted by Crippen LogP contribution is 2.12. The zero-order valence-corrected chi connectivity index (χ0v) is 12.2. The average molecular weight is 265 g/mol. The fourth-order valence-electron chi connectivity index (χ4n) is 2.21. The molecular weight excluding hydrogens is 242 g/mol. The number of allylic oxidation sites excluding steroid dienone is 1. The van der Waals surface area contributed by atoms with Crippen LogP contribution >= 0.6 is 11.3 Å². The van der Waals surface area contributed by atoms with Gasteiger partial charge in [0.15, 0.2) is 0 Å². The highest BCUT2D eigenvalue weighted by molar-refractivity contribution is 7.09. The molecule has 1 aliphatic heterocycles. The molecule has 0 amide bonds. The summed E-state index contributed by atoms with van der Waals surface area (Å²) >= 11 is 1.73. The van der Waals surface area contributed by atoms with Crippen LogP contribution < -0.4 is 5.32 Å². The Morgan fingerprint density at radius 1 is 1.50 bits per heavy atom. The summed E-state index contributed by atoms with van der Waals surface area (Å²) < 4.78 is 0. The van der Waals surface area contributed by atoms with Gasteiger partial charge in [0.2, 0.25) is 0 Å². The third-order valence-corrected chi connectivity index (χ3v) is 4.17. The smallest absolute Gasteiger partial charge is 0.0794 e. The molecule has 1 aromatic heterocycles. The highest BCUT2D eigenvalue weighted by Gasteiger charge is 2.17. The van der Waals surface area contributed by atoms with E-state index in [2.05, 4.69) is 35.1 Å². The lowest BCUT2D eigenvalue weighted by Gasteiger charge is -2.31. The summed E-state index contributed by atoms with van der Waals surface area (Å²) in [5, 5.41) is 3.64. The van der Waals surface area contributed by atoms with Gasteiger partial charge in [-0.15, -0.1) is 11.3 Å². The zero-order chi connectivity index (χ0) is 12.8. The second-order valence-electron chi connectivity index (χ2n) is 5.21. The van der Waals surface area contributed by atoms with Gasteiger partial charge < -0.3 is 5.32 Å². The molecule has 1 fully saturated rings. The molecule has 1 aliphatic rings. The van der Waals surface area contributed by atoms with E-state index in [4.69, 9.17) is 0 Å². The lowest BCUT2D eigenvalue weighted by Crippen LogP contribution is -2.42. The topological polar surface area (TPSA) is 28.2 Å². The fraction of sp³-hybridized carbons (Fsp3) is 0.643. The number of piperidine rings is 1. The Morgan fingerprint density at radius 3 is 2.89 bits per heavy atom. The maximum absolute atomic E-state index is 4.10. The van der Waals surface area contributed by atoms with Crippen LogP contribution in [0.5, 0.6) is 0 Å². The SMILES string of the molecule is CC(C)=CCN1CCC(NCc2cncs2)CC1. The van der Waals surface area contributed by atoms with E-state index < -0.39 is 0 Å². The third-order valence-electron chi connectivity index (χ3n) is 3.39. The van der Waals surface area contributed by atoms with Crippen LogP contribution in [0, 0.1) is 0 Å². The molecule has 3 nitrogen and oxygen atoms in total. The van der Waals surface area contributed by atoms with Crippen LogP contribution in [0.4, 0.5) is 0 Å². The second-order valence-corrected chi connectivity index (χ2v) is 6.18. The van der Waals surface area contributed by atoms with E-state index in [9.17, 15) is 0 Å². The Balaban J connectivity index is 1.65. The normalized spacial score (nSPS) is 17.9. The number of nitrogens with one attached hydrogen (secondary N) is 1. The molecule has 2 rings (SSSR count). The van der Waals surface area contributed by atoms with Crippen molar-refractivity contribution in [3.63, 3.8) is 0 Å². The summed E-state index contributed by atoms with van der Waals surface area (Å²) in [5.74, 6) is 0. The van der Waals surface area contributed by atoms with Gasteiger partial charge in [0.05, 0.1) is 5.51 Å². The minimum absolute atomic E-state index is 0.676.